The number of thioether (sulfide) groups is 1. The SMILES string of the molecule is CC1(C)SC(=O)NN=C1c1ccc2c(c1)CCCN2/C(=N\O)c1ccc(Cl)c(Cl)c1. The number of fused-ring (bicyclic) bond motifs is 1. The first-order chi connectivity index (χ1) is 14.3. The first kappa shape index (κ1) is 21.0. The van der Waals surface area contributed by atoms with E-state index >= 15 is 0 Å². The lowest BCUT2D eigenvalue weighted by molar-refractivity contribution is 0.260. The van der Waals surface area contributed by atoms with Gasteiger partial charge in [0.05, 0.1) is 20.5 Å². The fourth-order valence-electron chi connectivity index (χ4n) is 3.82. The Balaban J connectivity index is 1.71. The van der Waals surface area contributed by atoms with Crippen molar-refractivity contribution in [2.45, 2.75) is 31.4 Å². The molecular formula is C21H20Cl2N4O2S. The molecule has 0 saturated heterocycles. The van der Waals surface area contributed by atoms with Crippen molar-refractivity contribution in [1.29, 1.82) is 0 Å². The molecule has 0 saturated carbocycles. The van der Waals surface area contributed by atoms with Gasteiger partial charge in [0.1, 0.15) is 0 Å². The number of oxime groups is 1. The van der Waals surface area contributed by atoms with E-state index in [9.17, 15) is 10.0 Å². The average Bonchev–Trinajstić information content (AvgIpc) is 2.70. The maximum atomic E-state index is 11.7. The molecule has 0 atom stereocenters. The summed E-state index contributed by atoms with van der Waals surface area (Å²) >= 11 is 13.4. The number of hydrazone groups is 1. The summed E-state index contributed by atoms with van der Waals surface area (Å²) in [6.07, 6.45) is 1.80. The molecule has 2 heterocycles. The van der Waals surface area contributed by atoms with Gasteiger partial charge in [-0.3, -0.25) is 4.79 Å². The molecule has 9 heteroatoms. The summed E-state index contributed by atoms with van der Waals surface area (Å²) in [6, 6.07) is 11.3. The van der Waals surface area contributed by atoms with E-state index in [1.54, 1.807) is 18.2 Å². The van der Waals surface area contributed by atoms with Crippen LogP contribution >= 0.6 is 35.0 Å². The van der Waals surface area contributed by atoms with E-state index in [0.717, 1.165) is 35.4 Å². The van der Waals surface area contributed by atoms with Crippen molar-refractivity contribution in [2.75, 3.05) is 11.4 Å². The van der Waals surface area contributed by atoms with Crippen molar-refractivity contribution < 1.29 is 10.0 Å². The largest absolute Gasteiger partial charge is 0.409 e. The number of nitrogens with one attached hydrogen (secondary N) is 1. The molecule has 156 valence electrons. The molecule has 0 bridgehead atoms. The molecule has 6 nitrogen and oxygen atoms in total. The molecule has 2 aromatic carbocycles. The first-order valence-corrected chi connectivity index (χ1v) is 11.0. The maximum Gasteiger partial charge on any atom is 0.300 e. The number of carbonyl (C=O) groups excluding carboxylic acids is 1. The number of amidine groups is 1. The Morgan fingerprint density at radius 3 is 2.73 bits per heavy atom. The van der Waals surface area contributed by atoms with Gasteiger partial charge >= 0.3 is 0 Å². The summed E-state index contributed by atoms with van der Waals surface area (Å²) in [4.78, 5) is 13.7. The smallest absolute Gasteiger partial charge is 0.300 e. The normalized spacial score (nSPS) is 18.5. The van der Waals surface area contributed by atoms with Gasteiger partial charge in [0.15, 0.2) is 5.84 Å². The van der Waals surface area contributed by atoms with Crippen LogP contribution in [0.15, 0.2) is 46.7 Å². The molecule has 4 rings (SSSR count). The van der Waals surface area contributed by atoms with Crippen LogP contribution in [0.5, 0.6) is 0 Å². The van der Waals surface area contributed by atoms with Crippen LogP contribution in [0.2, 0.25) is 10.0 Å². The van der Waals surface area contributed by atoms with E-state index in [1.807, 2.05) is 30.9 Å². The third kappa shape index (κ3) is 3.89. The van der Waals surface area contributed by atoms with Crippen molar-refractivity contribution >= 4 is 57.4 Å². The summed E-state index contributed by atoms with van der Waals surface area (Å²) in [5, 5.41) is 18.3. The molecule has 0 radical (unpaired) electrons. The third-order valence-corrected chi connectivity index (χ3v) is 6.90. The second-order valence-corrected chi connectivity index (χ2v) is 10.0. The Kier molecular flexibility index (Phi) is 5.70. The lowest BCUT2D eigenvalue weighted by atomic mass is 9.93. The van der Waals surface area contributed by atoms with Crippen LogP contribution in [0.4, 0.5) is 10.5 Å². The monoisotopic (exact) mass is 462 g/mol. The lowest BCUT2D eigenvalue weighted by Gasteiger charge is -2.33. The second-order valence-electron chi connectivity index (χ2n) is 7.62. The highest BCUT2D eigenvalue weighted by atomic mass is 35.5. The number of rotatable bonds is 2. The Morgan fingerprint density at radius 1 is 1.23 bits per heavy atom. The van der Waals surface area contributed by atoms with Crippen LogP contribution < -0.4 is 10.3 Å². The number of halogens is 2. The molecule has 30 heavy (non-hydrogen) atoms. The summed E-state index contributed by atoms with van der Waals surface area (Å²) in [6.45, 7) is 4.69. The number of anilines is 1. The molecule has 2 aliphatic heterocycles. The minimum Gasteiger partial charge on any atom is -0.409 e. The molecule has 0 fully saturated rings. The first-order valence-electron chi connectivity index (χ1n) is 9.45. The topological polar surface area (TPSA) is 77.3 Å². The minimum absolute atomic E-state index is 0.154. The van der Waals surface area contributed by atoms with E-state index in [0.29, 0.717) is 28.0 Å². The number of aryl methyl sites for hydroxylation is 1. The number of benzene rings is 2. The van der Waals surface area contributed by atoms with Crippen molar-refractivity contribution in [3.05, 3.63) is 63.1 Å². The van der Waals surface area contributed by atoms with Gasteiger partial charge in [-0.05, 0) is 68.1 Å². The zero-order valence-electron chi connectivity index (χ0n) is 16.4. The van der Waals surface area contributed by atoms with Crippen molar-refractivity contribution in [1.82, 2.24) is 5.43 Å². The predicted molar refractivity (Wildman–Crippen MR) is 124 cm³/mol. The van der Waals surface area contributed by atoms with Crippen LogP contribution in [-0.2, 0) is 6.42 Å². The number of nitrogens with zero attached hydrogens (tertiary/aromatic N) is 3. The zero-order valence-corrected chi connectivity index (χ0v) is 18.8. The highest BCUT2D eigenvalue weighted by Crippen LogP contribution is 2.36. The number of carbonyl (C=O) groups is 1. The van der Waals surface area contributed by atoms with Gasteiger partial charge in [-0.1, -0.05) is 46.2 Å². The summed E-state index contributed by atoms with van der Waals surface area (Å²) in [5.41, 5.74) is 7.12. The van der Waals surface area contributed by atoms with E-state index in [1.165, 1.54) is 11.8 Å². The van der Waals surface area contributed by atoms with E-state index in [4.69, 9.17) is 23.2 Å². The van der Waals surface area contributed by atoms with Crippen LogP contribution in [0.25, 0.3) is 0 Å². The third-order valence-electron chi connectivity index (χ3n) is 5.18. The fraction of sp³-hybridized carbons (Fsp3) is 0.286. The number of hydrogen-bond acceptors (Lipinski definition) is 5. The van der Waals surface area contributed by atoms with Gasteiger partial charge in [0.2, 0.25) is 0 Å². The molecule has 2 aliphatic rings. The van der Waals surface area contributed by atoms with Crippen molar-refractivity contribution in [2.24, 2.45) is 10.3 Å². The predicted octanol–water partition coefficient (Wildman–Crippen LogP) is 5.52. The standard InChI is InChI=1S/C21H20Cl2N4O2S/c1-21(2)18(24-25-20(28)30-21)13-6-8-17-12(10-13)4-3-9-27(17)19(26-29)14-5-7-15(22)16(23)11-14/h5-8,10-11,29H,3-4,9H2,1-2H3,(H,25,28)/b26-19-. The summed E-state index contributed by atoms with van der Waals surface area (Å²) in [5.74, 6) is 0.417. The van der Waals surface area contributed by atoms with Gasteiger partial charge in [0.25, 0.3) is 5.24 Å². The molecule has 0 unspecified atom stereocenters. The van der Waals surface area contributed by atoms with Gasteiger partial charge in [-0.15, -0.1) is 0 Å². The van der Waals surface area contributed by atoms with Crippen LogP contribution in [0.1, 0.15) is 37.0 Å². The van der Waals surface area contributed by atoms with Crippen molar-refractivity contribution in [3.63, 3.8) is 0 Å². The van der Waals surface area contributed by atoms with Gasteiger partial charge in [-0.2, -0.15) is 5.10 Å². The Hall–Kier alpha value is -2.22. The van der Waals surface area contributed by atoms with Crippen LogP contribution in [0, 0.1) is 0 Å². The van der Waals surface area contributed by atoms with Gasteiger partial charge < -0.3 is 10.1 Å². The van der Waals surface area contributed by atoms with E-state index in [-0.39, 0.29) is 5.24 Å². The average molecular weight is 463 g/mol. The highest BCUT2D eigenvalue weighted by Gasteiger charge is 2.34. The zero-order chi connectivity index (χ0) is 21.5. The quantitative estimate of drug-likeness (QED) is 0.266. The Morgan fingerprint density at radius 2 is 2.03 bits per heavy atom. The summed E-state index contributed by atoms with van der Waals surface area (Å²) < 4.78 is -0.428. The Labute approximate surface area is 188 Å². The lowest BCUT2D eigenvalue weighted by Crippen LogP contribution is -2.39. The highest BCUT2D eigenvalue weighted by molar-refractivity contribution is 8.15. The second kappa shape index (κ2) is 8.13. The molecule has 1 amide bonds. The van der Waals surface area contributed by atoms with E-state index in [2.05, 4.69) is 21.7 Å². The minimum atomic E-state index is -0.428. The maximum absolute atomic E-state index is 11.7. The molecule has 0 aromatic heterocycles. The molecule has 2 N–H and O–H groups in total. The fourth-order valence-corrected chi connectivity index (χ4v) is 4.93. The molecule has 0 aliphatic carbocycles. The van der Waals surface area contributed by atoms with Gasteiger partial charge in [0, 0.05) is 17.8 Å². The van der Waals surface area contributed by atoms with E-state index < -0.39 is 4.75 Å². The van der Waals surface area contributed by atoms with Crippen molar-refractivity contribution in [3.8, 4) is 0 Å². The molecular weight excluding hydrogens is 443 g/mol. The molecule has 2 aromatic rings. The molecule has 0 spiro atoms. The number of hydrogen-bond donors (Lipinski definition) is 2. The number of amides is 1. The Bertz CT molecular complexity index is 1080. The van der Waals surface area contributed by atoms with Crippen LogP contribution in [-0.4, -0.2) is 33.3 Å². The van der Waals surface area contributed by atoms with Crippen LogP contribution in [0.3, 0.4) is 0 Å². The summed E-state index contributed by atoms with van der Waals surface area (Å²) in [7, 11) is 0. The van der Waals surface area contributed by atoms with Gasteiger partial charge in [-0.25, -0.2) is 5.43 Å².